The molecule has 0 aliphatic heterocycles. The van der Waals surface area contributed by atoms with E-state index in [1.54, 1.807) is 13.0 Å². The lowest BCUT2D eigenvalue weighted by molar-refractivity contribution is -0.153. The van der Waals surface area contributed by atoms with E-state index in [2.05, 4.69) is 15.0 Å². The molecule has 5 N–H and O–H groups in total. The number of aliphatic hydroxyl groups excluding tert-OH is 2. The molecule has 0 saturated heterocycles. The number of nitrogens with one attached hydrogen (secondary N) is 1. The number of nitrogens with zero attached hydrogens (tertiary/aromatic N) is 2. The number of alkyl halides is 3. The summed E-state index contributed by atoms with van der Waals surface area (Å²) < 4.78 is 54.2. The summed E-state index contributed by atoms with van der Waals surface area (Å²) >= 11 is 0. The van der Waals surface area contributed by atoms with E-state index in [1.165, 1.54) is 12.3 Å². The third-order valence-corrected chi connectivity index (χ3v) is 4.76. The fraction of sp³-hybridized carbons (Fsp3) is 0.333. The first-order valence-corrected chi connectivity index (χ1v) is 9.76. The molecule has 0 radical (unpaired) electrons. The van der Waals surface area contributed by atoms with Gasteiger partial charge in [-0.15, -0.1) is 0 Å². The third kappa shape index (κ3) is 7.37. The molecule has 0 unspecified atom stereocenters. The van der Waals surface area contributed by atoms with Crippen molar-refractivity contribution in [3.05, 3.63) is 47.8 Å². The van der Waals surface area contributed by atoms with Crippen LogP contribution in [0.1, 0.15) is 11.3 Å². The minimum atomic E-state index is -4.42. The van der Waals surface area contributed by atoms with E-state index in [0.29, 0.717) is 21.9 Å². The number of imidazole rings is 1. The molecule has 1 aromatic carbocycles. The smallest absolute Gasteiger partial charge is 0.422 e. The van der Waals surface area contributed by atoms with Gasteiger partial charge in [0.1, 0.15) is 5.75 Å². The van der Waals surface area contributed by atoms with Crippen LogP contribution >= 0.6 is 0 Å². The summed E-state index contributed by atoms with van der Waals surface area (Å²) in [6.07, 6.45) is -3.09. The van der Waals surface area contributed by atoms with Crippen molar-refractivity contribution in [3.63, 3.8) is 0 Å². The summed E-state index contributed by atoms with van der Waals surface area (Å²) in [6.45, 7) is -0.0478. The standard InChI is InChI=1S/C16H14F3N3O2S.C2H6O2.H2O/c1-10-13(20-7-6-14(10)24-9-16(17,18)19)8-25(23)15-21-11-4-2-3-5-12(11)22-15;3-1-2-4;/h2-7H,8-9H2,1H3,(H,21,22);3-4H,1-2H2;1H2/t25-;;/m1../s1. The maximum atomic E-state index is 12.5. The zero-order valence-corrected chi connectivity index (χ0v) is 16.8. The first kappa shape index (κ1) is 25.5. The minimum absolute atomic E-state index is 0. The highest BCUT2D eigenvalue weighted by molar-refractivity contribution is 7.84. The highest BCUT2D eigenvalue weighted by Gasteiger charge is 2.29. The van der Waals surface area contributed by atoms with Gasteiger partial charge in [0.25, 0.3) is 0 Å². The Hall–Kier alpha value is -2.54. The van der Waals surface area contributed by atoms with Crippen molar-refractivity contribution < 1.29 is 37.8 Å². The summed E-state index contributed by atoms with van der Waals surface area (Å²) in [6, 6.07) is 8.62. The van der Waals surface area contributed by atoms with Crippen LogP contribution in [0.2, 0.25) is 0 Å². The second-order valence-corrected chi connectivity index (χ2v) is 7.15. The lowest BCUT2D eigenvalue weighted by Gasteiger charge is -2.13. The molecule has 3 rings (SSSR count). The van der Waals surface area contributed by atoms with E-state index in [4.69, 9.17) is 14.9 Å². The van der Waals surface area contributed by atoms with Crippen LogP contribution in [-0.2, 0) is 16.6 Å². The summed E-state index contributed by atoms with van der Waals surface area (Å²) in [4.78, 5) is 11.3. The van der Waals surface area contributed by atoms with Gasteiger partial charge in [0.05, 0.1) is 46.5 Å². The van der Waals surface area contributed by atoms with Gasteiger partial charge >= 0.3 is 6.18 Å². The average Bonchev–Trinajstić information content (AvgIpc) is 3.12. The summed E-state index contributed by atoms with van der Waals surface area (Å²) in [5.41, 5.74) is 2.28. The van der Waals surface area contributed by atoms with Crippen LogP contribution in [0, 0.1) is 6.92 Å². The van der Waals surface area contributed by atoms with E-state index < -0.39 is 23.6 Å². The normalized spacial score (nSPS) is 11.9. The number of halogens is 3. The topological polar surface area (TPSA) is 140 Å². The molecular weight excluding hydrogens is 427 g/mol. The SMILES string of the molecule is Cc1c(OCC(F)(F)F)ccnc1C[S@@](=O)c1nc2ccccc2[nH]1.O.OCCO. The maximum Gasteiger partial charge on any atom is 0.422 e. The molecule has 0 saturated carbocycles. The van der Waals surface area contributed by atoms with E-state index >= 15 is 0 Å². The van der Waals surface area contributed by atoms with Gasteiger partial charge in [-0.2, -0.15) is 13.2 Å². The Balaban J connectivity index is 0.000000827. The number of H-pyrrole nitrogens is 1. The fourth-order valence-electron chi connectivity index (χ4n) is 2.25. The number of hydrogen-bond acceptors (Lipinski definition) is 6. The number of aromatic amines is 1. The highest BCUT2D eigenvalue weighted by atomic mass is 32.2. The number of ether oxygens (including phenoxy) is 1. The molecule has 0 amide bonds. The van der Waals surface area contributed by atoms with E-state index in [1.807, 2.05) is 18.2 Å². The maximum absolute atomic E-state index is 12.5. The number of fused-ring (bicyclic) bond motifs is 1. The molecule has 166 valence electrons. The van der Waals surface area contributed by atoms with Crippen molar-refractivity contribution >= 4 is 21.8 Å². The van der Waals surface area contributed by atoms with Gasteiger partial charge in [0.15, 0.2) is 11.8 Å². The van der Waals surface area contributed by atoms with Gasteiger partial charge in [-0.05, 0) is 25.1 Å². The number of aromatic nitrogens is 3. The van der Waals surface area contributed by atoms with Gasteiger partial charge in [0.2, 0.25) is 0 Å². The van der Waals surface area contributed by atoms with Crippen LogP contribution in [0.4, 0.5) is 13.2 Å². The van der Waals surface area contributed by atoms with Crippen molar-refractivity contribution in [3.8, 4) is 5.75 Å². The van der Waals surface area contributed by atoms with Crippen molar-refractivity contribution in [2.45, 2.75) is 24.0 Å². The minimum Gasteiger partial charge on any atom is -0.484 e. The van der Waals surface area contributed by atoms with Gasteiger partial charge in [-0.3, -0.25) is 9.19 Å². The van der Waals surface area contributed by atoms with Crippen LogP contribution in [-0.4, -0.2) is 60.8 Å². The van der Waals surface area contributed by atoms with Crippen molar-refractivity contribution in [2.75, 3.05) is 19.8 Å². The molecule has 0 aliphatic carbocycles. The van der Waals surface area contributed by atoms with Gasteiger partial charge in [-0.25, -0.2) is 4.98 Å². The average molecular weight is 449 g/mol. The number of para-hydroxylation sites is 2. The molecule has 12 heteroatoms. The molecule has 1 atom stereocenters. The quantitative estimate of drug-likeness (QED) is 0.523. The number of hydrogen-bond donors (Lipinski definition) is 3. The second kappa shape index (κ2) is 11.6. The number of pyridine rings is 1. The Bertz CT molecular complexity index is 931. The van der Waals surface area contributed by atoms with Crippen molar-refractivity contribution in [1.29, 1.82) is 0 Å². The lowest BCUT2D eigenvalue weighted by atomic mass is 10.2. The van der Waals surface area contributed by atoms with E-state index in [-0.39, 0.29) is 30.2 Å². The summed E-state index contributed by atoms with van der Waals surface area (Å²) in [5.74, 6) is 0.0958. The number of aliphatic hydroxyl groups is 2. The second-order valence-electron chi connectivity index (χ2n) is 5.78. The molecule has 2 heterocycles. The Kier molecular flexibility index (Phi) is 9.85. The van der Waals surface area contributed by atoms with Crippen LogP contribution in [0.25, 0.3) is 11.0 Å². The first-order chi connectivity index (χ1) is 13.7. The van der Waals surface area contributed by atoms with Crippen LogP contribution in [0.5, 0.6) is 5.75 Å². The predicted octanol–water partition coefficient (Wildman–Crippen LogP) is 1.66. The molecule has 3 aromatic rings. The molecule has 2 aromatic heterocycles. The predicted molar refractivity (Wildman–Crippen MR) is 105 cm³/mol. The number of benzene rings is 1. The molecule has 30 heavy (non-hydrogen) atoms. The number of rotatable bonds is 6. The van der Waals surface area contributed by atoms with Gasteiger partial charge in [0, 0.05) is 11.8 Å². The molecule has 0 spiro atoms. The zero-order chi connectivity index (χ0) is 21.4. The Morgan fingerprint density at radius 1 is 1.17 bits per heavy atom. The van der Waals surface area contributed by atoms with E-state index in [9.17, 15) is 17.4 Å². The van der Waals surface area contributed by atoms with Crippen LogP contribution < -0.4 is 4.74 Å². The Labute approximate surface area is 172 Å². The molecular formula is C18H22F3N3O5S. The molecule has 8 nitrogen and oxygen atoms in total. The third-order valence-electron chi connectivity index (χ3n) is 3.60. The van der Waals surface area contributed by atoms with Gasteiger partial charge in [-0.1, -0.05) is 12.1 Å². The summed E-state index contributed by atoms with van der Waals surface area (Å²) in [5, 5.41) is 15.5. The monoisotopic (exact) mass is 449 g/mol. The van der Waals surface area contributed by atoms with Gasteiger partial charge < -0.3 is 25.4 Å². The molecule has 0 aliphatic rings. The van der Waals surface area contributed by atoms with Crippen molar-refractivity contribution in [1.82, 2.24) is 15.0 Å². The van der Waals surface area contributed by atoms with Crippen LogP contribution in [0.15, 0.2) is 41.7 Å². The highest BCUT2D eigenvalue weighted by Crippen LogP contribution is 2.24. The molecule has 0 bridgehead atoms. The summed E-state index contributed by atoms with van der Waals surface area (Å²) in [7, 11) is -1.51. The fourth-order valence-corrected chi connectivity index (χ4v) is 3.35. The largest absolute Gasteiger partial charge is 0.484 e. The lowest BCUT2D eigenvalue weighted by Crippen LogP contribution is -2.19. The van der Waals surface area contributed by atoms with Crippen molar-refractivity contribution in [2.24, 2.45) is 0 Å². The Morgan fingerprint density at radius 2 is 1.83 bits per heavy atom. The van der Waals surface area contributed by atoms with E-state index in [0.717, 1.165) is 5.52 Å². The zero-order valence-electron chi connectivity index (χ0n) is 15.9. The first-order valence-electron chi connectivity index (χ1n) is 8.44. The van der Waals surface area contributed by atoms with Crippen LogP contribution in [0.3, 0.4) is 0 Å². The Morgan fingerprint density at radius 3 is 2.43 bits per heavy atom. The molecule has 0 fully saturated rings.